The second kappa shape index (κ2) is 9.78. The molecule has 0 aliphatic heterocycles. The fourth-order valence-electron chi connectivity index (χ4n) is 1.98. The van der Waals surface area contributed by atoms with Gasteiger partial charge < -0.3 is 10.2 Å². The van der Waals surface area contributed by atoms with Crippen LogP contribution >= 0.6 is 12.4 Å². The van der Waals surface area contributed by atoms with E-state index >= 15 is 0 Å². The van der Waals surface area contributed by atoms with Gasteiger partial charge in [0.15, 0.2) is 0 Å². The van der Waals surface area contributed by atoms with E-state index in [-0.39, 0.29) is 18.3 Å². The summed E-state index contributed by atoms with van der Waals surface area (Å²) < 4.78 is 0. The number of amides is 1. The lowest BCUT2D eigenvalue weighted by molar-refractivity contribution is -0.129. The van der Waals surface area contributed by atoms with E-state index in [1.807, 2.05) is 14.1 Å². The Balaban J connectivity index is 0.00000361. The Kier molecular flexibility index (Phi) is 9.26. The van der Waals surface area contributed by atoms with Crippen LogP contribution in [0.3, 0.4) is 0 Å². The SMILES string of the molecule is CNCCN(C)C(=O)Cc1ccc(CC(C)C)cc1.Cl. The Hall–Kier alpha value is -1.06. The summed E-state index contributed by atoms with van der Waals surface area (Å²) in [4.78, 5) is 13.8. The van der Waals surface area contributed by atoms with E-state index in [4.69, 9.17) is 0 Å². The molecule has 0 aromatic heterocycles. The van der Waals surface area contributed by atoms with Gasteiger partial charge in [0.2, 0.25) is 5.91 Å². The largest absolute Gasteiger partial charge is 0.344 e. The summed E-state index contributed by atoms with van der Waals surface area (Å²) in [6.45, 7) is 6.01. The molecule has 0 radical (unpaired) electrons. The standard InChI is InChI=1S/C16H26N2O.ClH/c1-13(2)11-14-5-7-15(8-6-14)12-16(19)18(4)10-9-17-3;/h5-8,13,17H,9-12H2,1-4H3;1H. The molecule has 114 valence electrons. The highest BCUT2D eigenvalue weighted by Gasteiger charge is 2.09. The first-order valence-electron chi connectivity index (χ1n) is 6.99. The van der Waals surface area contributed by atoms with Crippen molar-refractivity contribution in [2.45, 2.75) is 26.7 Å². The molecule has 0 atom stereocenters. The number of halogens is 1. The Morgan fingerprint density at radius 3 is 2.25 bits per heavy atom. The van der Waals surface area contributed by atoms with Crippen LogP contribution in [-0.4, -0.2) is 38.0 Å². The van der Waals surface area contributed by atoms with Gasteiger partial charge in [-0.1, -0.05) is 38.1 Å². The van der Waals surface area contributed by atoms with E-state index < -0.39 is 0 Å². The molecule has 1 N–H and O–H groups in total. The number of benzene rings is 1. The highest BCUT2D eigenvalue weighted by molar-refractivity contribution is 5.85. The van der Waals surface area contributed by atoms with Gasteiger partial charge in [-0.25, -0.2) is 0 Å². The quantitative estimate of drug-likeness (QED) is 0.839. The van der Waals surface area contributed by atoms with Gasteiger partial charge >= 0.3 is 0 Å². The number of hydrogen-bond donors (Lipinski definition) is 1. The van der Waals surface area contributed by atoms with Gasteiger partial charge in [0.25, 0.3) is 0 Å². The summed E-state index contributed by atoms with van der Waals surface area (Å²) in [6, 6.07) is 8.41. The topological polar surface area (TPSA) is 32.3 Å². The summed E-state index contributed by atoms with van der Waals surface area (Å²) >= 11 is 0. The summed E-state index contributed by atoms with van der Waals surface area (Å²) in [5.74, 6) is 0.840. The van der Waals surface area contributed by atoms with Gasteiger partial charge in [-0.15, -0.1) is 12.4 Å². The highest BCUT2D eigenvalue weighted by atomic mass is 35.5. The van der Waals surface area contributed by atoms with Crippen LogP contribution in [-0.2, 0) is 17.6 Å². The molecule has 0 spiro atoms. The number of hydrogen-bond acceptors (Lipinski definition) is 2. The third-order valence-electron chi connectivity index (χ3n) is 3.15. The lowest BCUT2D eigenvalue weighted by atomic mass is 10.0. The van der Waals surface area contributed by atoms with E-state index in [1.54, 1.807) is 4.90 Å². The molecule has 0 saturated carbocycles. The zero-order valence-electron chi connectivity index (χ0n) is 13.0. The van der Waals surface area contributed by atoms with Crippen molar-refractivity contribution in [3.8, 4) is 0 Å². The zero-order valence-corrected chi connectivity index (χ0v) is 13.8. The Bertz CT molecular complexity index is 390. The minimum atomic E-state index is 0. The van der Waals surface area contributed by atoms with Crippen molar-refractivity contribution in [1.29, 1.82) is 0 Å². The van der Waals surface area contributed by atoms with Crippen LogP contribution in [0.4, 0.5) is 0 Å². The number of nitrogens with zero attached hydrogens (tertiary/aromatic N) is 1. The molecule has 0 aliphatic carbocycles. The Labute approximate surface area is 129 Å². The lowest BCUT2D eigenvalue weighted by Gasteiger charge is -2.17. The highest BCUT2D eigenvalue weighted by Crippen LogP contribution is 2.10. The molecule has 0 bridgehead atoms. The smallest absolute Gasteiger partial charge is 0.226 e. The maximum atomic E-state index is 12.0. The van der Waals surface area contributed by atoms with E-state index in [0.29, 0.717) is 12.3 Å². The minimum Gasteiger partial charge on any atom is -0.344 e. The summed E-state index contributed by atoms with van der Waals surface area (Å²) in [6.07, 6.45) is 1.58. The van der Waals surface area contributed by atoms with E-state index in [2.05, 4.69) is 43.4 Å². The van der Waals surface area contributed by atoms with Crippen molar-refractivity contribution in [3.63, 3.8) is 0 Å². The van der Waals surface area contributed by atoms with Gasteiger partial charge in [-0.2, -0.15) is 0 Å². The number of nitrogens with one attached hydrogen (secondary N) is 1. The molecule has 3 nitrogen and oxygen atoms in total. The van der Waals surface area contributed by atoms with Crippen LogP contribution in [0.25, 0.3) is 0 Å². The summed E-state index contributed by atoms with van der Waals surface area (Å²) in [5.41, 5.74) is 2.43. The number of likely N-dealkylation sites (N-methyl/N-ethyl adjacent to an activating group) is 2. The minimum absolute atomic E-state index is 0. The van der Waals surface area contributed by atoms with E-state index in [9.17, 15) is 4.79 Å². The van der Waals surface area contributed by atoms with Crippen LogP contribution in [0, 0.1) is 5.92 Å². The predicted molar refractivity (Wildman–Crippen MR) is 87.5 cm³/mol. The van der Waals surface area contributed by atoms with E-state index in [0.717, 1.165) is 25.1 Å². The van der Waals surface area contributed by atoms with Crippen LogP contribution in [0.1, 0.15) is 25.0 Å². The normalized spacial score (nSPS) is 10.2. The molecule has 1 rings (SSSR count). The molecule has 1 aromatic carbocycles. The molecule has 20 heavy (non-hydrogen) atoms. The predicted octanol–water partition coefficient (Wildman–Crippen LogP) is 2.53. The number of rotatable bonds is 7. The van der Waals surface area contributed by atoms with Gasteiger partial charge in [-0.05, 0) is 30.5 Å². The molecule has 0 saturated heterocycles. The molecule has 0 heterocycles. The molecule has 0 aliphatic rings. The lowest BCUT2D eigenvalue weighted by Crippen LogP contribution is -2.33. The van der Waals surface area contributed by atoms with Gasteiger partial charge in [0.05, 0.1) is 6.42 Å². The average molecular weight is 299 g/mol. The monoisotopic (exact) mass is 298 g/mol. The second-order valence-corrected chi connectivity index (χ2v) is 5.51. The zero-order chi connectivity index (χ0) is 14.3. The maximum absolute atomic E-state index is 12.0. The third kappa shape index (κ3) is 6.92. The molecule has 1 aromatic rings. The molecule has 0 unspecified atom stereocenters. The van der Waals surface area contributed by atoms with Gasteiger partial charge in [-0.3, -0.25) is 4.79 Å². The van der Waals surface area contributed by atoms with Crippen molar-refractivity contribution < 1.29 is 4.79 Å². The van der Waals surface area contributed by atoms with Crippen molar-refractivity contribution in [1.82, 2.24) is 10.2 Å². The fraction of sp³-hybridized carbons (Fsp3) is 0.562. The van der Waals surface area contributed by atoms with Crippen LogP contribution in [0.2, 0.25) is 0 Å². The Morgan fingerprint density at radius 2 is 1.75 bits per heavy atom. The van der Waals surface area contributed by atoms with Gasteiger partial charge in [0.1, 0.15) is 0 Å². The van der Waals surface area contributed by atoms with Crippen molar-refractivity contribution in [2.24, 2.45) is 5.92 Å². The molecular weight excluding hydrogens is 272 g/mol. The Morgan fingerprint density at radius 1 is 1.20 bits per heavy atom. The van der Waals surface area contributed by atoms with Crippen LogP contribution < -0.4 is 5.32 Å². The first-order valence-corrected chi connectivity index (χ1v) is 6.99. The van der Waals surface area contributed by atoms with Crippen molar-refractivity contribution in [2.75, 3.05) is 27.2 Å². The first-order chi connectivity index (χ1) is 9.02. The average Bonchev–Trinajstić information content (AvgIpc) is 2.37. The van der Waals surface area contributed by atoms with Crippen LogP contribution in [0.15, 0.2) is 24.3 Å². The molecule has 1 amide bonds. The number of carbonyl (C=O) groups is 1. The van der Waals surface area contributed by atoms with E-state index in [1.165, 1.54) is 5.56 Å². The summed E-state index contributed by atoms with van der Waals surface area (Å²) in [5, 5.41) is 3.05. The number of carbonyl (C=O) groups excluding carboxylic acids is 1. The van der Waals surface area contributed by atoms with Crippen molar-refractivity contribution in [3.05, 3.63) is 35.4 Å². The third-order valence-corrected chi connectivity index (χ3v) is 3.15. The van der Waals surface area contributed by atoms with Crippen LogP contribution in [0.5, 0.6) is 0 Å². The maximum Gasteiger partial charge on any atom is 0.226 e. The second-order valence-electron chi connectivity index (χ2n) is 5.51. The fourth-order valence-corrected chi connectivity index (χ4v) is 1.98. The first kappa shape index (κ1) is 18.9. The molecule has 0 fully saturated rings. The van der Waals surface area contributed by atoms with Crippen molar-refractivity contribution >= 4 is 18.3 Å². The molecular formula is C16H27ClN2O. The summed E-state index contributed by atoms with van der Waals surface area (Å²) in [7, 11) is 3.75. The van der Waals surface area contributed by atoms with Gasteiger partial charge in [0, 0.05) is 20.1 Å². The molecule has 4 heteroatoms.